The number of hydrogen-bond acceptors (Lipinski definition) is 1. The van der Waals surface area contributed by atoms with E-state index in [1.165, 1.54) is 0 Å². The Balaban J connectivity index is 2.85. The van der Waals surface area contributed by atoms with Crippen LogP contribution in [0.15, 0.2) is 30.3 Å². The summed E-state index contributed by atoms with van der Waals surface area (Å²) in [7, 11) is 0. The molecule has 0 saturated heterocycles. The second-order valence-corrected chi connectivity index (χ2v) is 2.99. The van der Waals surface area contributed by atoms with Crippen molar-refractivity contribution in [1.29, 1.82) is 0 Å². The normalized spacial score (nSPS) is 12.5. The highest BCUT2D eigenvalue weighted by Gasteiger charge is 2.12. The molecule has 0 bridgehead atoms. The molecule has 0 amide bonds. The van der Waals surface area contributed by atoms with Gasteiger partial charge in [-0.05, 0) is 5.56 Å². The van der Waals surface area contributed by atoms with Crippen LogP contribution in [-0.4, -0.2) is 5.12 Å². The number of carbonyl (C=O) groups excluding carboxylic acids is 1. The molecule has 0 aliphatic rings. The lowest BCUT2D eigenvalue weighted by Gasteiger charge is -2.02. The SMILES string of the molecule is O=C(S)C(Cl)c1ccccc1. The minimum Gasteiger partial charge on any atom is -0.285 e. The van der Waals surface area contributed by atoms with Crippen molar-refractivity contribution in [3.63, 3.8) is 0 Å². The van der Waals surface area contributed by atoms with Gasteiger partial charge in [-0.3, -0.25) is 4.79 Å². The maximum absolute atomic E-state index is 10.7. The van der Waals surface area contributed by atoms with Gasteiger partial charge in [-0.15, -0.1) is 24.2 Å². The Morgan fingerprint density at radius 1 is 1.36 bits per heavy atom. The smallest absolute Gasteiger partial charge is 0.208 e. The van der Waals surface area contributed by atoms with Gasteiger partial charge >= 0.3 is 0 Å². The highest BCUT2D eigenvalue weighted by atomic mass is 35.5. The molecule has 11 heavy (non-hydrogen) atoms. The fourth-order valence-corrected chi connectivity index (χ4v) is 1.06. The maximum atomic E-state index is 10.7. The predicted octanol–water partition coefficient (Wildman–Crippen LogP) is 2.42. The van der Waals surface area contributed by atoms with Gasteiger partial charge in [0.1, 0.15) is 5.38 Å². The van der Waals surface area contributed by atoms with E-state index in [0.29, 0.717) is 0 Å². The number of benzene rings is 1. The third kappa shape index (κ3) is 2.24. The number of carbonyl (C=O) groups is 1. The Bertz CT molecular complexity index is 248. The van der Waals surface area contributed by atoms with Crippen LogP contribution in [0.1, 0.15) is 10.9 Å². The first-order valence-electron chi connectivity index (χ1n) is 3.13. The standard InChI is InChI=1S/C8H7ClOS/c9-7(8(10)11)6-4-2-1-3-5-6/h1-5,7H,(H,10,11). The van der Waals surface area contributed by atoms with Gasteiger partial charge in [-0.25, -0.2) is 0 Å². The third-order valence-corrected chi connectivity index (χ3v) is 2.17. The lowest BCUT2D eigenvalue weighted by Crippen LogP contribution is -1.97. The largest absolute Gasteiger partial charge is 0.285 e. The molecule has 0 spiro atoms. The second-order valence-electron chi connectivity index (χ2n) is 2.11. The van der Waals surface area contributed by atoms with E-state index in [1.54, 1.807) is 12.1 Å². The summed E-state index contributed by atoms with van der Waals surface area (Å²) in [5.41, 5.74) is 0.786. The van der Waals surface area contributed by atoms with Crippen molar-refractivity contribution in [3.8, 4) is 0 Å². The quantitative estimate of drug-likeness (QED) is 0.555. The van der Waals surface area contributed by atoms with Crippen molar-refractivity contribution < 1.29 is 4.79 Å². The van der Waals surface area contributed by atoms with Crippen molar-refractivity contribution in [2.75, 3.05) is 0 Å². The molecule has 0 radical (unpaired) electrons. The molecule has 0 saturated carbocycles. The molecule has 0 aliphatic carbocycles. The van der Waals surface area contributed by atoms with Crippen LogP contribution in [0.3, 0.4) is 0 Å². The van der Waals surface area contributed by atoms with Crippen LogP contribution in [0.2, 0.25) is 0 Å². The Labute approximate surface area is 75.8 Å². The maximum Gasteiger partial charge on any atom is 0.208 e. The lowest BCUT2D eigenvalue weighted by atomic mass is 10.2. The molecule has 3 heteroatoms. The van der Waals surface area contributed by atoms with Crippen LogP contribution in [0, 0.1) is 0 Å². The summed E-state index contributed by atoms with van der Waals surface area (Å²) >= 11 is 9.35. The van der Waals surface area contributed by atoms with Crippen molar-refractivity contribution in [1.82, 2.24) is 0 Å². The zero-order chi connectivity index (χ0) is 8.27. The van der Waals surface area contributed by atoms with Gasteiger partial charge in [0.15, 0.2) is 0 Å². The van der Waals surface area contributed by atoms with Crippen LogP contribution >= 0.6 is 24.2 Å². The van der Waals surface area contributed by atoms with E-state index in [4.69, 9.17) is 11.6 Å². The minimum absolute atomic E-state index is 0.321. The molecule has 1 nitrogen and oxygen atoms in total. The average molecular weight is 187 g/mol. The number of halogens is 1. The number of alkyl halides is 1. The third-order valence-electron chi connectivity index (χ3n) is 1.31. The Hall–Kier alpha value is -0.470. The molecule has 0 aromatic heterocycles. The van der Waals surface area contributed by atoms with Gasteiger partial charge in [0.2, 0.25) is 5.12 Å². The molecule has 1 rings (SSSR count). The van der Waals surface area contributed by atoms with Gasteiger partial charge in [0.25, 0.3) is 0 Å². The monoisotopic (exact) mass is 186 g/mol. The van der Waals surface area contributed by atoms with Crippen molar-refractivity contribution in [2.24, 2.45) is 0 Å². The summed E-state index contributed by atoms with van der Waals surface area (Å²) < 4.78 is 0. The average Bonchev–Trinajstić information content (AvgIpc) is 2.05. The summed E-state index contributed by atoms with van der Waals surface area (Å²) in [6.07, 6.45) is 0. The summed E-state index contributed by atoms with van der Waals surface area (Å²) in [5.74, 6) is 0. The molecule has 0 aliphatic heterocycles. The zero-order valence-corrected chi connectivity index (χ0v) is 7.35. The molecular formula is C8H7ClOS. The molecular weight excluding hydrogens is 180 g/mol. The van der Waals surface area contributed by atoms with E-state index < -0.39 is 5.38 Å². The molecule has 58 valence electrons. The van der Waals surface area contributed by atoms with E-state index >= 15 is 0 Å². The van der Waals surface area contributed by atoms with Gasteiger partial charge in [-0.2, -0.15) is 0 Å². The highest BCUT2D eigenvalue weighted by molar-refractivity contribution is 7.96. The van der Waals surface area contributed by atoms with Crippen LogP contribution in [0.4, 0.5) is 0 Å². The van der Waals surface area contributed by atoms with Gasteiger partial charge in [0.05, 0.1) is 0 Å². The first kappa shape index (κ1) is 8.62. The Morgan fingerprint density at radius 3 is 2.36 bits per heavy atom. The van der Waals surface area contributed by atoms with E-state index in [0.717, 1.165) is 5.56 Å². The first-order valence-corrected chi connectivity index (χ1v) is 4.02. The van der Waals surface area contributed by atoms with E-state index in [1.807, 2.05) is 18.2 Å². The number of hydrogen-bond donors (Lipinski definition) is 1. The van der Waals surface area contributed by atoms with Gasteiger partial charge in [0, 0.05) is 0 Å². The highest BCUT2D eigenvalue weighted by Crippen LogP contribution is 2.21. The van der Waals surface area contributed by atoms with Crippen molar-refractivity contribution in [2.45, 2.75) is 5.38 Å². The van der Waals surface area contributed by atoms with Crippen LogP contribution in [0.5, 0.6) is 0 Å². The molecule has 1 aromatic carbocycles. The molecule has 0 heterocycles. The zero-order valence-electron chi connectivity index (χ0n) is 5.70. The predicted molar refractivity (Wildman–Crippen MR) is 49.0 cm³/mol. The molecule has 0 N–H and O–H groups in total. The summed E-state index contributed by atoms with van der Waals surface area (Å²) in [5, 5.41) is -0.947. The summed E-state index contributed by atoms with van der Waals surface area (Å²) in [4.78, 5) is 10.7. The van der Waals surface area contributed by atoms with E-state index in [9.17, 15) is 4.79 Å². The van der Waals surface area contributed by atoms with Crippen LogP contribution in [-0.2, 0) is 4.79 Å². The van der Waals surface area contributed by atoms with Crippen LogP contribution in [0.25, 0.3) is 0 Å². The first-order chi connectivity index (χ1) is 5.22. The van der Waals surface area contributed by atoms with E-state index in [-0.39, 0.29) is 5.12 Å². The second kappa shape index (κ2) is 3.79. The number of rotatable bonds is 2. The minimum atomic E-state index is -0.625. The molecule has 1 atom stereocenters. The van der Waals surface area contributed by atoms with Crippen LogP contribution < -0.4 is 0 Å². The molecule has 1 unspecified atom stereocenters. The van der Waals surface area contributed by atoms with E-state index in [2.05, 4.69) is 12.6 Å². The van der Waals surface area contributed by atoms with Gasteiger partial charge in [-0.1, -0.05) is 30.3 Å². The fourth-order valence-electron chi connectivity index (χ4n) is 0.765. The summed E-state index contributed by atoms with van der Waals surface area (Å²) in [6, 6.07) is 9.14. The topological polar surface area (TPSA) is 17.1 Å². The van der Waals surface area contributed by atoms with Gasteiger partial charge < -0.3 is 0 Å². The summed E-state index contributed by atoms with van der Waals surface area (Å²) in [6.45, 7) is 0. The fraction of sp³-hybridized carbons (Fsp3) is 0.125. The van der Waals surface area contributed by atoms with Crippen molar-refractivity contribution >= 4 is 29.3 Å². The lowest BCUT2D eigenvalue weighted by molar-refractivity contribution is -0.110. The molecule has 1 aromatic rings. The van der Waals surface area contributed by atoms with Crippen molar-refractivity contribution in [3.05, 3.63) is 35.9 Å². The number of thiol groups is 1. The Kier molecular flexibility index (Phi) is 2.97. The molecule has 0 fully saturated rings. The Morgan fingerprint density at radius 2 is 1.91 bits per heavy atom.